The number of hydrogen-bond acceptors (Lipinski definition) is 8. The highest BCUT2D eigenvalue weighted by molar-refractivity contribution is 6.01. The van der Waals surface area contributed by atoms with Crippen molar-refractivity contribution >= 4 is 23.2 Å². The van der Waals surface area contributed by atoms with E-state index in [1.165, 1.54) is 6.08 Å². The average molecular weight is 491 g/mol. The van der Waals surface area contributed by atoms with Crippen LogP contribution in [0.25, 0.3) is 0 Å². The van der Waals surface area contributed by atoms with Crippen LogP contribution < -0.4 is 31.5 Å². The van der Waals surface area contributed by atoms with Gasteiger partial charge in [0.1, 0.15) is 23.9 Å². The number of nitrogens with two attached hydrogens (primary N) is 1. The molecule has 3 unspecified atom stereocenters. The number of ether oxygens (including phenoxy) is 1. The first-order valence-corrected chi connectivity index (χ1v) is 11.8. The molecular formula is C26H30N6O4. The molecule has 1 fully saturated rings. The molecule has 0 saturated carbocycles. The van der Waals surface area contributed by atoms with E-state index in [0.717, 1.165) is 11.1 Å². The van der Waals surface area contributed by atoms with Gasteiger partial charge in [-0.15, -0.1) is 0 Å². The molecule has 10 heteroatoms. The number of hydrogen-bond donors (Lipinski definition) is 5. The van der Waals surface area contributed by atoms with Gasteiger partial charge in [-0.2, -0.15) is 0 Å². The molecule has 36 heavy (non-hydrogen) atoms. The number of phenolic OH excluding ortho intramolecular Hbond substituents is 1. The maximum atomic E-state index is 13.1. The lowest BCUT2D eigenvalue weighted by atomic mass is 9.77. The molecular weight excluding hydrogens is 460 g/mol. The highest BCUT2D eigenvalue weighted by Crippen LogP contribution is 2.46. The molecule has 3 aliphatic heterocycles. The summed E-state index contributed by atoms with van der Waals surface area (Å²) >= 11 is 0. The molecule has 5 rings (SSSR count). The molecule has 6 N–H and O–H groups in total. The summed E-state index contributed by atoms with van der Waals surface area (Å²) in [6.07, 6.45) is 3.29. The zero-order valence-corrected chi connectivity index (χ0v) is 20.4. The molecule has 2 amide bonds. The van der Waals surface area contributed by atoms with Crippen molar-refractivity contribution in [3.8, 4) is 11.5 Å². The van der Waals surface area contributed by atoms with Gasteiger partial charge in [-0.1, -0.05) is 24.3 Å². The summed E-state index contributed by atoms with van der Waals surface area (Å²) in [4.78, 5) is 27.5. The molecule has 0 aromatic heterocycles. The predicted molar refractivity (Wildman–Crippen MR) is 136 cm³/mol. The second kappa shape index (κ2) is 9.21. The smallest absolute Gasteiger partial charge is 0.252 e. The van der Waals surface area contributed by atoms with Gasteiger partial charge >= 0.3 is 0 Å². The van der Waals surface area contributed by atoms with Crippen LogP contribution in [0.1, 0.15) is 17.0 Å². The van der Waals surface area contributed by atoms with Crippen LogP contribution in [0.5, 0.6) is 11.5 Å². The largest absolute Gasteiger partial charge is 0.508 e. The third-order valence-corrected chi connectivity index (χ3v) is 6.69. The number of anilines is 2. The Bertz CT molecular complexity index is 1290. The third-order valence-electron chi connectivity index (χ3n) is 6.69. The van der Waals surface area contributed by atoms with Gasteiger partial charge in [-0.05, 0) is 38.7 Å². The molecule has 0 bridgehead atoms. The summed E-state index contributed by atoms with van der Waals surface area (Å²) in [5.74, 6) is 0.271. The standard InChI is InChI=1S/C26H30N6O4/c1-14-9-10-15(33)12-19(14)32-25(27)22-23(30-32)21-16-6-4-7-17(28-20(34)8-5-11-31(2)3)24(16)36-13-18(21)29-26(22)35/h4-10,12,18,21,23,30,33H,11,13,27H2,1-3H3,(H,28,34)(H,29,35)/b8-5+. The number of para-hydroxylation sites is 1. The number of aromatic hydroxyl groups is 1. The van der Waals surface area contributed by atoms with Gasteiger partial charge in [0.2, 0.25) is 5.91 Å². The molecule has 0 radical (unpaired) electrons. The van der Waals surface area contributed by atoms with E-state index in [2.05, 4.69) is 16.1 Å². The number of carbonyl (C=O) groups is 2. The number of hydrazine groups is 1. The Morgan fingerprint density at radius 3 is 2.92 bits per heavy atom. The van der Waals surface area contributed by atoms with Crippen LogP contribution in [-0.2, 0) is 9.59 Å². The number of likely N-dealkylation sites (N-methyl/N-ethyl adjacent to an activating group) is 1. The Labute approximate surface area is 209 Å². The summed E-state index contributed by atoms with van der Waals surface area (Å²) in [6.45, 7) is 2.81. The Morgan fingerprint density at radius 2 is 2.14 bits per heavy atom. The number of amides is 2. The van der Waals surface area contributed by atoms with Gasteiger partial charge in [0.15, 0.2) is 0 Å². The monoisotopic (exact) mass is 490 g/mol. The summed E-state index contributed by atoms with van der Waals surface area (Å²) in [5, 5.41) is 17.7. The molecule has 3 atom stereocenters. The number of nitrogens with zero attached hydrogens (tertiary/aromatic N) is 2. The van der Waals surface area contributed by atoms with Crippen LogP contribution in [0.15, 0.2) is 59.9 Å². The summed E-state index contributed by atoms with van der Waals surface area (Å²) in [5.41, 5.74) is 13.3. The van der Waals surface area contributed by atoms with Crippen LogP contribution in [0.4, 0.5) is 11.4 Å². The van der Waals surface area contributed by atoms with E-state index in [0.29, 0.717) is 29.2 Å². The first-order chi connectivity index (χ1) is 17.2. The quantitative estimate of drug-likeness (QED) is 0.396. The number of phenols is 1. The third kappa shape index (κ3) is 4.14. The van der Waals surface area contributed by atoms with E-state index in [4.69, 9.17) is 10.5 Å². The fourth-order valence-electron chi connectivity index (χ4n) is 5.01. The molecule has 0 aliphatic carbocycles. The number of benzene rings is 2. The van der Waals surface area contributed by atoms with Crippen LogP contribution in [0, 0.1) is 6.92 Å². The predicted octanol–water partition coefficient (Wildman–Crippen LogP) is 1.30. The van der Waals surface area contributed by atoms with Crippen molar-refractivity contribution in [2.75, 3.05) is 37.6 Å². The maximum Gasteiger partial charge on any atom is 0.252 e. The van der Waals surface area contributed by atoms with E-state index in [1.807, 2.05) is 38.1 Å². The Morgan fingerprint density at radius 1 is 1.33 bits per heavy atom. The van der Waals surface area contributed by atoms with Crippen LogP contribution >= 0.6 is 0 Å². The normalized spacial score (nSPS) is 22.7. The van der Waals surface area contributed by atoms with Crippen LogP contribution in [0.3, 0.4) is 0 Å². The second-order valence-corrected chi connectivity index (χ2v) is 9.51. The fraction of sp³-hybridized carbons (Fsp3) is 0.308. The van der Waals surface area contributed by atoms with Crippen molar-refractivity contribution in [2.24, 2.45) is 5.73 Å². The lowest BCUT2D eigenvalue weighted by molar-refractivity contribution is -0.120. The van der Waals surface area contributed by atoms with Crippen molar-refractivity contribution in [1.82, 2.24) is 15.6 Å². The van der Waals surface area contributed by atoms with Crippen molar-refractivity contribution in [3.63, 3.8) is 0 Å². The SMILES string of the molecule is Cc1ccc(O)cc1N1NC2C(=C1N)C(=O)NC1COc3c(NC(=O)/C=C/CN(C)C)cccc3C12. The van der Waals surface area contributed by atoms with Gasteiger partial charge in [-0.25, -0.2) is 5.43 Å². The van der Waals surface area contributed by atoms with E-state index < -0.39 is 6.04 Å². The number of carbonyl (C=O) groups excluding carboxylic acids is 2. The lowest BCUT2D eigenvalue weighted by Gasteiger charge is -2.42. The average Bonchev–Trinajstić information content (AvgIpc) is 3.17. The van der Waals surface area contributed by atoms with E-state index in [1.54, 1.807) is 35.4 Å². The minimum atomic E-state index is -0.418. The van der Waals surface area contributed by atoms with Gasteiger partial charge in [-0.3, -0.25) is 14.6 Å². The Balaban J connectivity index is 1.47. The first-order valence-electron chi connectivity index (χ1n) is 11.8. The van der Waals surface area contributed by atoms with E-state index >= 15 is 0 Å². The summed E-state index contributed by atoms with van der Waals surface area (Å²) in [6, 6.07) is 9.91. The zero-order chi connectivity index (χ0) is 25.6. The number of nitrogens with one attached hydrogen (secondary N) is 3. The maximum absolute atomic E-state index is 13.1. The number of fused-ring (bicyclic) bond motifs is 5. The Hall–Kier alpha value is -4.02. The molecule has 2 aromatic carbocycles. The lowest BCUT2D eigenvalue weighted by Crippen LogP contribution is -2.58. The summed E-state index contributed by atoms with van der Waals surface area (Å²) in [7, 11) is 3.86. The second-order valence-electron chi connectivity index (χ2n) is 9.51. The number of aryl methyl sites for hydroxylation is 1. The molecule has 3 heterocycles. The van der Waals surface area contributed by atoms with Crippen molar-refractivity contribution in [3.05, 3.63) is 71.1 Å². The minimum absolute atomic E-state index is 0.101. The molecule has 1 saturated heterocycles. The zero-order valence-electron chi connectivity index (χ0n) is 20.4. The summed E-state index contributed by atoms with van der Waals surface area (Å²) < 4.78 is 6.05. The van der Waals surface area contributed by atoms with E-state index in [9.17, 15) is 14.7 Å². The van der Waals surface area contributed by atoms with Gasteiger partial charge < -0.3 is 31.1 Å². The van der Waals surface area contributed by atoms with Crippen LogP contribution in [0.2, 0.25) is 0 Å². The van der Waals surface area contributed by atoms with Crippen molar-refractivity contribution < 1.29 is 19.4 Å². The molecule has 10 nitrogen and oxygen atoms in total. The van der Waals surface area contributed by atoms with E-state index in [-0.39, 0.29) is 42.0 Å². The van der Waals surface area contributed by atoms with Crippen molar-refractivity contribution in [1.29, 1.82) is 0 Å². The van der Waals surface area contributed by atoms with Gasteiger partial charge in [0.25, 0.3) is 5.91 Å². The molecule has 2 aromatic rings. The fourth-order valence-corrected chi connectivity index (χ4v) is 5.01. The highest BCUT2D eigenvalue weighted by Gasteiger charge is 2.50. The van der Waals surface area contributed by atoms with Gasteiger partial charge in [0.05, 0.1) is 29.0 Å². The highest BCUT2D eigenvalue weighted by atomic mass is 16.5. The minimum Gasteiger partial charge on any atom is -0.508 e. The molecule has 3 aliphatic rings. The van der Waals surface area contributed by atoms with Crippen molar-refractivity contribution in [2.45, 2.75) is 24.9 Å². The van der Waals surface area contributed by atoms with Gasteiger partial charge in [0, 0.05) is 30.2 Å². The topological polar surface area (TPSA) is 132 Å². The number of rotatable bonds is 5. The Kier molecular flexibility index (Phi) is 6.07. The molecule has 188 valence electrons. The first kappa shape index (κ1) is 23.7. The van der Waals surface area contributed by atoms with Crippen LogP contribution in [-0.4, -0.2) is 61.2 Å². The number of piperidine rings is 1. The molecule has 0 spiro atoms.